The lowest BCUT2D eigenvalue weighted by Crippen LogP contribution is -2.38. The van der Waals surface area contributed by atoms with Crippen molar-refractivity contribution in [3.05, 3.63) is 48.2 Å². The topological polar surface area (TPSA) is 72.1 Å². The number of para-hydroxylation sites is 1. The Labute approximate surface area is 172 Å². The number of aryl methyl sites for hydroxylation is 2. The van der Waals surface area contributed by atoms with Crippen LogP contribution in [-0.4, -0.2) is 38.4 Å². The molecule has 154 valence electrons. The molecule has 0 saturated heterocycles. The highest BCUT2D eigenvalue weighted by Gasteiger charge is 2.14. The molecule has 0 radical (unpaired) electrons. The minimum absolute atomic E-state index is 0.560. The van der Waals surface area contributed by atoms with Crippen molar-refractivity contribution in [3.8, 4) is 0 Å². The summed E-state index contributed by atoms with van der Waals surface area (Å²) in [5, 5.41) is 16.8. The van der Waals surface area contributed by atoms with Crippen molar-refractivity contribution in [1.82, 2.24) is 30.0 Å². The van der Waals surface area contributed by atoms with Gasteiger partial charge in [-0.05, 0) is 43.7 Å². The fourth-order valence-electron chi connectivity index (χ4n) is 3.95. The van der Waals surface area contributed by atoms with Crippen molar-refractivity contribution >= 4 is 16.9 Å². The molecule has 3 heterocycles. The van der Waals surface area contributed by atoms with E-state index < -0.39 is 0 Å². The number of aromatic nitrogens is 4. The zero-order valence-corrected chi connectivity index (χ0v) is 17.3. The van der Waals surface area contributed by atoms with Crippen LogP contribution in [0.2, 0.25) is 0 Å². The first-order valence-corrected chi connectivity index (χ1v) is 10.8. The summed E-state index contributed by atoms with van der Waals surface area (Å²) in [6.07, 6.45) is 7.91. The smallest absolute Gasteiger partial charge is 0.191 e. The lowest BCUT2D eigenvalue weighted by molar-refractivity contribution is 0.604. The monoisotopic (exact) mass is 393 g/mol. The summed E-state index contributed by atoms with van der Waals surface area (Å²) in [6.45, 7) is 6.36. The van der Waals surface area contributed by atoms with E-state index in [1.165, 1.54) is 30.2 Å². The van der Waals surface area contributed by atoms with Crippen LogP contribution in [0.25, 0.3) is 10.9 Å². The van der Waals surface area contributed by atoms with Gasteiger partial charge in [0.1, 0.15) is 12.4 Å². The van der Waals surface area contributed by atoms with E-state index in [9.17, 15) is 0 Å². The third-order valence-corrected chi connectivity index (χ3v) is 5.46. The Kier molecular flexibility index (Phi) is 6.44. The maximum absolute atomic E-state index is 4.74. The van der Waals surface area contributed by atoms with E-state index in [1.807, 2.05) is 0 Å². The number of guanidine groups is 1. The van der Waals surface area contributed by atoms with E-state index in [-0.39, 0.29) is 0 Å². The third kappa shape index (κ3) is 4.78. The molecular formula is C22H31N7. The maximum Gasteiger partial charge on any atom is 0.191 e. The summed E-state index contributed by atoms with van der Waals surface area (Å²) in [7, 11) is 0. The number of hydrogen-bond donors (Lipinski definition) is 2. The summed E-state index contributed by atoms with van der Waals surface area (Å²) in [6, 6.07) is 10.7. The number of nitrogens with zero attached hydrogens (tertiary/aromatic N) is 5. The molecule has 1 aromatic carbocycles. The Morgan fingerprint density at radius 1 is 1.10 bits per heavy atom. The molecule has 0 unspecified atom stereocenters. The molecule has 0 bridgehead atoms. The van der Waals surface area contributed by atoms with Crippen molar-refractivity contribution in [2.45, 2.75) is 58.7 Å². The van der Waals surface area contributed by atoms with E-state index >= 15 is 0 Å². The van der Waals surface area contributed by atoms with Gasteiger partial charge in [-0.25, -0.2) is 4.99 Å². The normalized spacial score (nSPS) is 14.6. The Balaban J connectivity index is 1.31. The molecule has 4 rings (SSSR count). The largest absolute Gasteiger partial charge is 0.357 e. The van der Waals surface area contributed by atoms with Gasteiger partial charge in [0.25, 0.3) is 0 Å². The highest BCUT2D eigenvalue weighted by atomic mass is 15.3. The second-order valence-corrected chi connectivity index (χ2v) is 7.54. The first-order valence-electron chi connectivity index (χ1n) is 10.8. The molecule has 7 heteroatoms. The molecule has 0 amide bonds. The van der Waals surface area contributed by atoms with E-state index in [0.717, 1.165) is 56.6 Å². The summed E-state index contributed by atoms with van der Waals surface area (Å²) in [4.78, 5) is 4.74. The molecule has 0 saturated carbocycles. The van der Waals surface area contributed by atoms with Crippen LogP contribution in [0, 0.1) is 0 Å². The zero-order chi connectivity index (χ0) is 19.9. The molecule has 0 spiro atoms. The van der Waals surface area contributed by atoms with Crippen LogP contribution in [0.15, 0.2) is 41.5 Å². The van der Waals surface area contributed by atoms with E-state index in [4.69, 9.17) is 4.99 Å². The average Bonchev–Trinajstić information content (AvgIpc) is 3.25. The SMILES string of the molecule is CCNC(=NCc1nnc2n1CCCCC2)NCCCn1ccc2ccccc21. The van der Waals surface area contributed by atoms with Crippen LogP contribution in [0.4, 0.5) is 0 Å². The number of benzene rings is 1. The lowest BCUT2D eigenvalue weighted by atomic mass is 10.2. The van der Waals surface area contributed by atoms with Crippen LogP contribution in [0.1, 0.15) is 44.3 Å². The molecule has 3 aromatic rings. The Morgan fingerprint density at radius 3 is 2.97 bits per heavy atom. The summed E-state index contributed by atoms with van der Waals surface area (Å²) in [5.41, 5.74) is 1.29. The third-order valence-electron chi connectivity index (χ3n) is 5.46. The Bertz CT molecular complexity index is 953. The van der Waals surface area contributed by atoms with Crippen LogP contribution >= 0.6 is 0 Å². The summed E-state index contributed by atoms with van der Waals surface area (Å²) in [5.74, 6) is 2.93. The second-order valence-electron chi connectivity index (χ2n) is 7.54. The quantitative estimate of drug-likeness (QED) is 0.368. The molecular weight excluding hydrogens is 362 g/mol. The van der Waals surface area contributed by atoms with Crippen molar-refractivity contribution in [1.29, 1.82) is 0 Å². The van der Waals surface area contributed by atoms with Gasteiger partial charge in [0, 0.05) is 44.3 Å². The zero-order valence-electron chi connectivity index (χ0n) is 17.3. The first-order chi connectivity index (χ1) is 14.3. The van der Waals surface area contributed by atoms with Gasteiger partial charge < -0.3 is 19.8 Å². The van der Waals surface area contributed by atoms with Crippen molar-refractivity contribution in [2.24, 2.45) is 4.99 Å². The van der Waals surface area contributed by atoms with Crippen LogP contribution < -0.4 is 10.6 Å². The molecule has 0 fully saturated rings. The predicted octanol–water partition coefficient (Wildman–Crippen LogP) is 3.10. The molecule has 0 atom stereocenters. The standard InChI is InChI=1S/C22H31N7/c1-2-23-22(25-17-21-27-26-20-11-4-3-7-15-29(20)21)24-13-8-14-28-16-12-18-9-5-6-10-19(18)28/h5-6,9-10,12,16H,2-4,7-8,11,13-15,17H2,1H3,(H2,23,24,25). The number of aliphatic imine (C=N–C) groups is 1. The molecule has 29 heavy (non-hydrogen) atoms. The highest BCUT2D eigenvalue weighted by Crippen LogP contribution is 2.16. The number of nitrogens with one attached hydrogen (secondary N) is 2. The van der Waals surface area contributed by atoms with Crippen molar-refractivity contribution in [2.75, 3.05) is 13.1 Å². The minimum Gasteiger partial charge on any atom is -0.357 e. The number of fused-ring (bicyclic) bond motifs is 2. The van der Waals surface area contributed by atoms with Gasteiger partial charge in [-0.3, -0.25) is 0 Å². The fourth-order valence-corrected chi connectivity index (χ4v) is 3.95. The highest BCUT2D eigenvalue weighted by molar-refractivity contribution is 5.80. The molecule has 1 aliphatic rings. The van der Waals surface area contributed by atoms with Gasteiger partial charge >= 0.3 is 0 Å². The van der Waals surface area contributed by atoms with Crippen molar-refractivity contribution in [3.63, 3.8) is 0 Å². The Morgan fingerprint density at radius 2 is 2.03 bits per heavy atom. The van der Waals surface area contributed by atoms with Crippen LogP contribution in [0.3, 0.4) is 0 Å². The van der Waals surface area contributed by atoms with Gasteiger partial charge in [0.2, 0.25) is 0 Å². The predicted molar refractivity (Wildman–Crippen MR) is 117 cm³/mol. The lowest BCUT2D eigenvalue weighted by Gasteiger charge is -2.12. The molecule has 2 N–H and O–H groups in total. The van der Waals surface area contributed by atoms with Gasteiger partial charge in [0.05, 0.1) is 0 Å². The fraction of sp³-hybridized carbons (Fsp3) is 0.500. The average molecular weight is 394 g/mol. The summed E-state index contributed by atoms with van der Waals surface area (Å²) >= 11 is 0. The molecule has 1 aliphatic heterocycles. The van der Waals surface area contributed by atoms with Crippen LogP contribution in [-0.2, 0) is 26.1 Å². The van der Waals surface area contributed by atoms with Crippen LogP contribution in [0.5, 0.6) is 0 Å². The van der Waals surface area contributed by atoms with E-state index in [2.05, 4.69) is 73.4 Å². The molecule has 0 aliphatic carbocycles. The van der Waals surface area contributed by atoms with Gasteiger partial charge in [0.15, 0.2) is 11.8 Å². The van der Waals surface area contributed by atoms with Gasteiger partial charge in [-0.2, -0.15) is 0 Å². The first kappa shape index (κ1) is 19.5. The van der Waals surface area contributed by atoms with Gasteiger partial charge in [-0.1, -0.05) is 24.6 Å². The Hall–Kier alpha value is -2.83. The summed E-state index contributed by atoms with van der Waals surface area (Å²) < 4.78 is 4.57. The minimum atomic E-state index is 0.560. The maximum atomic E-state index is 4.74. The van der Waals surface area contributed by atoms with Crippen molar-refractivity contribution < 1.29 is 0 Å². The molecule has 2 aromatic heterocycles. The molecule has 7 nitrogen and oxygen atoms in total. The van der Waals surface area contributed by atoms with Gasteiger partial charge in [-0.15, -0.1) is 10.2 Å². The second kappa shape index (κ2) is 9.58. The van der Waals surface area contributed by atoms with E-state index in [0.29, 0.717) is 6.54 Å². The van der Waals surface area contributed by atoms with E-state index in [1.54, 1.807) is 0 Å². The number of rotatable bonds is 7. The number of hydrogen-bond acceptors (Lipinski definition) is 3.